The fraction of sp³-hybridized carbons (Fsp3) is 0.611. The average molecular weight is 829 g/mol. The first-order chi connectivity index (χ1) is 20.1. The Balaban J connectivity index is 0.00000264. The van der Waals surface area contributed by atoms with Gasteiger partial charge in [0.25, 0.3) is 0 Å². The predicted octanol–water partition coefficient (Wildman–Crippen LogP) is -1.16. The lowest BCUT2D eigenvalue weighted by Crippen LogP contribution is -3.00. The van der Waals surface area contributed by atoms with E-state index in [-0.39, 0.29) is 70.6 Å². The Hall–Kier alpha value is -1.24. The fourth-order valence-electron chi connectivity index (χ4n) is 8.23. The van der Waals surface area contributed by atoms with Crippen molar-refractivity contribution in [2.45, 2.75) is 63.2 Å². The van der Waals surface area contributed by atoms with Gasteiger partial charge >= 0.3 is 0 Å². The quantitative estimate of drug-likeness (QED) is 0.284. The maximum absolute atomic E-state index is 13.0. The number of hydrogen-bond acceptors (Lipinski definition) is 2. The van der Waals surface area contributed by atoms with Gasteiger partial charge in [0, 0.05) is 89.4 Å². The van der Waals surface area contributed by atoms with Gasteiger partial charge in [-0.15, -0.1) is 0 Å². The third-order valence-corrected chi connectivity index (χ3v) is 11.4. The smallest absolute Gasteiger partial charge is 0.219 e. The first kappa shape index (κ1) is 37.2. The highest BCUT2D eigenvalue weighted by atomic mass is 127. The van der Waals surface area contributed by atoms with Crippen molar-refractivity contribution in [3.05, 3.63) is 71.8 Å². The van der Waals surface area contributed by atoms with Crippen LogP contribution in [0.4, 0.5) is 0 Å². The van der Waals surface area contributed by atoms with Crippen molar-refractivity contribution in [1.29, 1.82) is 0 Å². The lowest BCUT2D eigenvalue weighted by Gasteiger charge is -2.50. The number of benzene rings is 2. The van der Waals surface area contributed by atoms with Crippen LogP contribution >= 0.6 is 0 Å². The van der Waals surface area contributed by atoms with Crippen molar-refractivity contribution in [1.82, 2.24) is 9.80 Å². The van der Waals surface area contributed by atoms with Crippen molar-refractivity contribution >= 4 is 11.8 Å². The molecule has 4 bridgehead atoms. The Bertz CT molecular complexity index is 1110. The minimum atomic E-state index is 0. The minimum Gasteiger partial charge on any atom is -1.00 e. The summed E-state index contributed by atoms with van der Waals surface area (Å²) in [7, 11) is 4.80. The molecule has 6 aliphatic rings. The molecule has 0 spiro atoms. The highest BCUT2D eigenvalue weighted by molar-refractivity contribution is 5.73. The van der Waals surface area contributed by atoms with Crippen LogP contribution in [0.5, 0.6) is 0 Å². The molecule has 0 N–H and O–H groups in total. The normalized spacial score (nSPS) is 31.6. The fourth-order valence-corrected chi connectivity index (χ4v) is 8.23. The van der Waals surface area contributed by atoms with Crippen LogP contribution in [0.3, 0.4) is 0 Å². The SMILES string of the molecule is CC(=O)N1CCC[N+]2(C)CCC(c3ccccc3)(CC2)CN(C(C)=O)CCC[N+]2(C)CCC(c3ccccc3)(CC2)C1.[I-].[I-]. The van der Waals surface area contributed by atoms with Gasteiger partial charge < -0.3 is 66.7 Å². The number of hydrogen-bond donors (Lipinski definition) is 0. The summed E-state index contributed by atoms with van der Waals surface area (Å²) in [6.45, 7) is 13.4. The number of rotatable bonds is 2. The zero-order valence-corrected chi connectivity index (χ0v) is 31.8. The maximum atomic E-state index is 13.0. The van der Waals surface area contributed by atoms with E-state index in [1.165, 1.54) is 11.1 Å². The third kappa shape index (κ3) is 8.56. The molecule has 6 heterocycles. The number of amides is 2. The Morgan fingerprint density at radius 3 is 1.18 bits per heavy atom. The molecule has 2 aromatic rings. The molecule has 44 heavy (non-hydrogen) atoms. The van der Waals surface area contributed by atoms with Crippen LogP contribution < -0.4 is 48.0 Å². The molecule has 244 valence electrons. The molecule has 0 aliphatic carbocycles. The average Bonchev–Trinajstić information content (AvgIpc) is 2.99. The second-order valence-electron chi connectivity index (χ2n) is 14.5. The molecule has 8 rings (SSSR count). The van der Waals surface area contributed by atoms with Crippen LogP contribution in [-0.2, 0) is 20.4 Å². The van der Waals surface area contributed by atoms with Crippen molar-refractivity contribution in [3.8, 4) is 0 Å². The van der Waals surface area contributed by atoms with Gasteiger partial charge in [0.2, 0.25) is 11.8 Å². The Morgan fingerprint density at radius 2 is 0.886 bits per heavy atom. The molecule has 0 unspecified atom stereocenters. The zero-order valence-electron chi connectivity index (χ0n) is 27.4. The molecular formula is C36H54I2N4O2. The van der Waals surface area contributed by atoms with Gasteiger partial charge in [-0.2, -0.15) is 0 Å². The van der Waals surface area contributed by atoms with Crippen LogP contribution in [0.1, 0.15) is 63.5 Å². The van der Waals surface area contributed by atoms with E-state index in [9.17, 15) is 9.59 Å². The lowest BCUT2D eigenvalue weighted by atomic mass is 9.71. The van der Waals surface area contributed by atoms with Crippen LogP contribution in [-0.4, -0.2) is 110 Å². The largest absolute Gasteiger partial charge is 1.00 e. The predicted molar refractivity (Wildman–Crippen MR) is 170 cm³/mol. The zero-order chi connectivity index (χ0) is 29.8. The Kier molecular flexibility index (Phi) is 13.2. The van der Waals surface area contributed by atoms with Crippen molar-refractivity contribution in [2.24, 2.45) is 0 Å². The lowest BCUT2D eigenvalue weighted by molar-refractivity contribution is -0.916. The maximum Gasteiger partial charge on any atom is 0.219 e. The highest BCUT2D eigenvalue weighted by Crippen LogP contribution is 2.40. The Labute approximate surface area is 300 Å². The van der Waals surface area contributed by atoms with E-state index in [1.54, 1.807) is 13.8 Å². The first-order valence-corrected chi connectivity index (χ1v) is 16.4. The number of quaternary nitrogens is 2. The van der Waals surface area contributed by atoms with E-state index in [0.29, 0.717) is 0 Å². The molecule has 6 fully saturated rings. The third-order valence-electron chi connectivity index (χ3n) is 11.4. The van der Waals surface area contributed by atoms with Crippen LogP contribution in [0.25, 0.3) is 0 Å². The highest BCUT2D eigenvalue weighted by Gasteiger charge is 2.45. The number of carbonyl (C=O) groups is 2. The molecule has 6 nitrogen and oxygen atoms in total. The number of piperidine rings is 2. The summed E-state index contributed by atoms with van der Waals surface area (Å²) in [6.07, 6.45) is 6.37. The molecule has 2 aromatic carbocycles. The van der Waals surface area contributed by atoms with E-state index in [0.717, 1.165) is 113 Å². The Morgan fingerprint density at radius 1 is 0.568 bits per heavy atom. The van der Waals surface area contributed by atoms with Gasteiger partial charge in [0.1, 0.15) is 0 Å². The van der Waals surface area contributed by atoms with Gasteiger partial charge in [-0.1, -0.05) is 60.7 Å². The van der Waals surface area contributed by atoms with Gasteiger partial charge in [-0.3, -0.25) is 9.59 Å². The molecule has 0 atom stereocenters. The summed E-state index contributed by atoms with van der Waals surface area (Å²) >= 11 is 0. The van der Waals surface area contributed by atoms with E-state index >= 15 is 0 Å². The van der Waals surface area contributed by atoms with E-state index in [2.05, 4.69) is 84.6 Å². The number of nitrogens with zero attached hydrogens (tertiary/aromatic N) is 4. The topological polar surface area (TPSA) is 40.6 Å². The standard InChI is InChI=1S/C36H54N4O2.2HI/c1-31(41)37-21-11-23-39(3)27-19-36(20-28-39,34-15-9-6-10-16-34)30-38(32(2)42)22-12-24-40(4)25-17-35(29-37,18-26-40)33-13-7-5-8-14-33;;/h5-10,13-16H,11-12,17-30H2,1-4H3;2*1H/q+2;;/p-2. The molecule has 6 saturated heterocycles. The minimum absolute atomic E-state index is 0. The summed E-state index contributed by atoms with van der Waals surface area (Å²) in [5, 5.41) is 0. The van der Waals surface area contributed by atoms with Gasteiger partial charge in [0.15, 0.2) is 0 Å². The van der Waals surface area contributed by atoms with E-state index in [1.807, 2.05) is 0 Å². The van der Waals surface area contributed by atoms with Gasteiger partial charge in [0.05, 0.1) is 53.4 Å². The molecule has 8 heteroatoms. The second kappa shape index (κ2) is 15.6. The van der Waals surface area contributed by atoms with Crippen LogP contribution in [0, 0.1) is 0 Å². The van der Waals surface area contributed by atoms with Crippen molar-refractivity contribution in [3.63, 3.8) is 0 Å². The summed E-state index contributed by atoms with van der Waals surface area (Å²) in [5.74, 6) is 0.410. The molecule has 0 aromatic heterocycles. The van der Waals surface area contributed by atoms with Crippen LogP contribution in [0.15, 0.2) is 60.7 Å². The molecule has 0 radical (unpaired) electrons. The molecule has 6 aliphatic heterocycles. The van der Waals surface area contributed by atoms with Gasteiger partial charge in [-0.25, -0.2) is 0 Å². The van der Waals surface area contributed by atoms with Crippen LogP contribution in [0.2, 0.25) is 0 Å². The monoisotopic (exact) mass is 828 g/mol. The van der Waals surface area contributed by atoms with E-state index < -0.39 is 0 Å². The summed E-state index contributed by atoms with van der Waals surface area (Å²) in [4.78, 5) is 30.4. The number of carbonyl (C=O) groups excluding carboxylic acids is 2. The van der Waals surface area contributed by atoms with Gasteiger partial charge in [-0.05, 0) is 11.1 Å². The molecule has 0 saturated carbocycles. The summed E-state index contributed by atoms with van der Waals surface area (Å²) in [5.41, 5.74) is 2.76. The van der Waals surface area contributed by atoms with Crippen molar-refractivity contribution < 1.29 is 66.5 Å². The molecule has 2 amide bonds. The molecular weight excluding hydrogens is 774 g/mol. The summed E-state index contributed by atoms with van der Waals surface area (Å²) < 4.78 is 2.08. The second-order valence-corrected chi connectivity index (χ2v) is 14.5. The van der Waals surface area contributed by atoms with Crippen molar-refractivity contribution in [2.75, 3.05) is 79.5 Å². The number of halogens is 2. The summed E-state index contributed by atoms with van der Waals surface area (Å²) in [6, 6.07) is 22.0. The first-order valence-electron chi connectivity index (χ1n) is 16.4. The van der Waals surface area contributed by atoms with E-state index in [4.69, 9.17) is 0 Å².